The predicted octanol–water partition coefficient (Wildman–Crippen LogP) is 1.59. The molecule has 112 valence electrons. The molecule has 1 aliphatic rings. The molecule has 1 aromatic carbocycles. The van der Waals surface area contributed by atoms with Gasteiger partial charge in [0.25, 0.3) is 0 Å². The fourth-order valence-corrected chi connectivity index (χ4v) is 2.92. The van der Waals surface area contributed by atoms with Crippen LogP contribution < -0.4 is 5.32 Å². The van der Waals surface area contributed by atoms with Crippen molar-refractivity contribution in [2.75, 3.05) is 40.8 Å². The molecule has 3 nitrogen and oxygen atoms in total. The van der Waals surface area contributed by atoms with Gasteiger partial charge >= 0.3 is 0 Å². The van der Waals surface area contributed by atoms with E-state index in [1.807, 2.05) is 19.2 Å². The molecular formula is C16H26FN3. The van der Waals surface area contributed by atoms with Crippen molar-refractivity contribution in [1.29, 1.82) is 0 Å². The molecule has 0 amide bonds. The summed E-state index contributed by atoms with van der Waals surface area (Å²) in [4.78, 5) is 4.80. The van der Waals surface area contributed by atoms with E-state index in [-0.39, 0.29) is 5.82 Å². The number of hydrogen-bond donors (Lipinski definition) is 1. The zero-order chi connectivity index (χ0) is 14.5. The van der Waals surface area contributed by atoms with Crippen molar-refractivity contribution in [3.05, 3.63) is 35.6 Å². The molecule has 1 aromatic rings. The first kappa shape index (κ1) is 15.4. The minimum absolute atomic E-state index is 0.0955. The summed E-state index contributed by atoms with van der Waals surface area (Å²) in [5.74, 6) is -0.0955. The van der Waals surface area contributed by atoms with Crippen LogP contribution in [0.4, 0.5) is 4.39 Å². The zero-order valence-electron chi connectivity index (χ0n) is 12.8. The third-order valence-electron chi connectivity index (χ3n) is 4.37. The normalized spacial score (nSPS) is 22.9. The molecule has 1 fully saturated rings. The number of rotatable bonds is 5. The lowest BCUT2D eigenvalue weighted by molar-refractivity contribution is 0.101. The van der Waals surface area contributed by atoms with Crippen LogP contribution in [0.15, 0.2) is 24.3 Å². The van der Waals surface area contributed by atoms with Crippen LogP contribution in [0, 0.1) is 5.82 Å². The van der Waals surface area contributed by atoms with Crippen LogP contribution in [0.5, 0.6) is 0 Å². The summed E-state index contributed by atoms with van der Waals surface area (Å²) >= 11 is 0. The van der Waals surface area contributed by atoms with E-state index in [1.54, 1.807) is 12.1 Å². The Hall–Kier alpha value is -0.970. The monoisotopic (exact) mass is 279 g/mol. The average Bonchev–Trinajstić information content (AvgIpc) is 2.44. The summed E-state index contributed by atoms with van der Waals surface area (Å²) in [6, 6.07) is 7.94. The Morgan fingerprint density at radius 2 is 2.05 bits per heavy atom. The van der Waals surface area contributed by atoms with Crippen LogP contribution >= 0.6 is 0 Å². The first-order valence-electron chi connectivity index (χ1n) is 7.39. The van der Waals surface area contributed by atoms with Crippen molar-refractivity contribution in [3.63, 3.8) is 0 Å². The molecule has 0 saturated carbocycles. The molecule has 0 aliphatic carbocycles. The highest BCUT2D eigenvalue weighted by molar-refractivity contribution is 5.18. The second-order valence-corrected chi connectivity index (χ2v) is 5.91. The van der Waals surface area contributed by atoms with Gasteiger partial charge in [0.05, 0.1) is 0 Å². The van der Waals surface area contributed by atoms with Crippen molar-refractivity contribution >= 4 is 0 Å². The molecule has 0 bridgehead atoms. The highest BCUT2D eigenvalue weighted by Crippen LogP contribution is 2.16. The fourth-order valence-electron chi connectivity index (χ4n) is 2.92. The molecule has 0 aromatic heterocycles. The lowest BCUT2D eigenvalue weighted by atomic mass is 9.97. The van der Waals surface area contributed by atoms with E-state index in [4.69, 9.17) is 0 Å². The number of nitrogens with zero attached hydrogens (tertiary/aromatic N) is 2. The SMILES string of the molecule is CNC(Cc1ccccc1F)CC1CN(C)CCN1C. The molecule has 20 heavy (non-hydrogen) atoms. The third-order valence-corrected chi connectivity index (χ3v) is 4.37. The Labute approximate surface area is 121 Å². The summed E-state index contributed by atoms with van der Waals surface area (Å²) in [6.07, 6.45) is 1.79. The van der Waals surface area contributed by atoms with E-state index in [0.29, 0.717) is 12.1 Å². The fraction of sp³-hybridized carbons (Fsp3) is 0.625. The smallest absolute Gasteiger partial charge is 0.126 e. The molecule has 1 saturated heterocycles. The van der Waals surface area contributed by atoms with Crippen molar-refractivity contribution in [3.8, 4) is 0 Å². The maximum absolute atomic E-state index is 13.8. The second-order valence-electron chi connectivity index (χ2n) is 5.91. The van der Waals surface area contributed by atoms with Gasteiger partial charge < -0.3 is 15.1 Å². The van der Waals surface area contributed by atoms with Crippen LogP contribution in [-0.2, 0) is 6.42 Å². The zero-order valence-corrected chi connectivity index (χ0v) is 12.8. The van der Waals surface area contributed by atoms with Gasteiger partial charge in [0.15, 0.2) is 0 Å². The van der Waals surface area contributed by atoms with E-state index < -0.39 is 0 Å². The summed E-state index contributed by atoms with van der Waals surface area (Å²) in [6.45, 7) is 3.33. The number of halogens is 1. The topological polar surface area (TPSA) is 18.5 Å². The third kappa shape index (κ3) is 4.01. The molecule has 1 N–H and O–H groups in total. The van der Waals surface area contributed by atoms with Crippen LogP contribution in [0.3, 0.4) is 0 Å². The minimum Gasteiger partial charge on any atom is -0.317 e. The van der Waals surface area contributed by atoms with Crippen LogP contribution in [-0.4, -0.2) is 62.7 Å². The van der Waals surface area contributed by atoms with E-state index in [0.717, 1.165) is 38.0 Å². The first-order valence-corrected chi connectivity index (χ1v) is 7.39. The first-order chi connectivity index (χ1) is 9.60. The Morgan fingerprint density at radius 1 is 1.30 bits per heavy atom. The average molecular weight is 279 g/mol. The molecule has 0 spiro atoms. The Balaban J connectivity index is 1.96. The largest absolute Gasteiger partial charge is 0.317 e. The van der Waals surface area contributed by atoms with Gasteiger partial charge in [-0.1, -0.05) is 18.2 Å². The Bertz CT molecular complexity index is 424. The maximum Gasteiger partial charge on any atom is 0.126 e. The number of likely N-dealkylation sites (N-methyl/N-ethyl adjacent to an activating group) is 3. The maximum atomic E-state index is 13.8. The number of hydrogen-bond acceptors (Lipinski definition) is 3. The quantitative estimate of drug-likeness (QED) is 0.883. The molecule has 4 heteroatoms. The molecule has 1 aliphatic heterocycles. The van der Waals surface area contributed by atoms with Gasteiger partial charge in [0.2, 0.25) is 0 Å². The van der Waals surface area contributed by atoms with E-state index >= 15 is 0 Å². The Morgan fingerprint density at radius 3 is 2.75 bits per heavy atom. The molecule has 0 radical (unpaired) electrons. The highest BCUT2D eigenvalue weighted by Gasteiger charge is 2.25. The van der Waals surface area contributed by atoms with Crippen LogP contribution in [0.25, 0.3) is 0 Å². The van der Waals surface area contributed by atoms with Crippen molar-refractivity contribution < 1.29 is 4.39 Å². The van der Waals surface area contributed by atoms with Crippen LogP contribution in [0.2, 0.25) is 0 Å². The summed E-state index contributed by atoms with van der Waals surface area (Å²) in [7, 11) is 6.33. The van der Waals surface area contributed by atoms with Gasteiger partial charge in [0, 0.05) is 31.7 Å². The van der Waals surface area contributed by atoms with Gasteiger partial charge in [-0.3, -0.25) is 0 Å². The number of nitrogens with one attached hydrogen (secondary N) is 1. The van der Waals surface area contributed by atoms with Gasteiger partial charge in [-0.2, -0.15) is 0 Å². The summed E-state index contributed by atoms with van der Waals surface area (Å²) in [5.41, 5.74) is 0.804. The van der Waals surface area contributed by atoms with E-state index in [2.05, 4.69) is 29.2 Å². The Kier molecular flexibility index (Phi) is 5.52. The van der Waals surface area contributed by atoms with Crippen molar-refractivity contribution in [2.24, 2.45) is 0 Å². The van der Waals surface area contributed by atoms with Gasteiger partial charge in [0.1, 0.15) is 5.82 Å². The lowest BCUT2D eigenvalue weighted by Gasteiger charge is -2.39. The van der Waals surface area contributed by atoms with Gasteiger partial charge in [-0.25, -0.2) is 4.39 Å². The molecular weight excluding hydrogens is 253 g/mol. The van der Waals surface area contributed by atoms with Crippen LogP contribution in [0.1, 0.15) is 12.0 Å². The number of piperazine rings is 1. The second kappa shape index (κ2) is 7.16. The molecule has 2 atom stereocenters. The van der Waals surface area contributed by atoms with E-state index in [1.165, 1.54) is 0 Å². The predicted molar refractivity (Wildman–Crippen MR) is 81.5 cm³/mol. The summed E-state index contributed by atoms with van der Waals surface area (Å²) < 4.78 is 13.8. The van der Waals surface area contributed by atoms with E-state index in [9.17, 15) is 4.39 Å². The van der Waals surface area contributed by atoms with Gasteiger partial charge in [-0.05, 0) is 45.6 Å². The molecule has 2 rings (SSSR count). The minimum atomic E-state index is -0.0955. The van der Waals surface area contributed by atoms with Crippen molar-refractivity contribution in [1.82, 2.24) is 15.1 Å². The molecule has 2 unspecified atom stereocenters. The highest BCUT2D eigenvalue weighted by atomic mass is 19.1. The molecule has 1 heterocycles. The standard InChI is InChI=1S/C16H26FN3/c1-18-14(10-13-6-4-5-7-16(13)17)11-15-12-19(2)8-9-20(15)3/h4-7,14-15,18H,8-12H2,1-3H3. The number of benzene rings is 1. The van der Waals surface area contributed by atoms with Crippen molar-refractivity contribution in [2.45, 2.75) is 24.9 Å². The van der Waals surface area contributed by atoms with Gasteiger partial charge in [-0.15, -0.1) is 0 Å². The lowest BCUT2D eigenvalue weighted by Crippen LogP contribution is -2.52. The summed E-state index contributed by atoms with van der Waals surface area (Å²) in [5, 5.41) is 3.35.